The van der Waals surface area contributed by atoms with Crippen molar-refractivity contribution in [2.24, 2.45) is 10.9 Å². The lowest BCUT2D eigenvalue weighted by Gasteiger charge is -2.26. The lowest BCUT2D eigenvalue weighted by molar-refractivity contribution is -0.146. The molecule has 168 valence electrons. The van der Waals surface area contributed by atoms with Gasteiger partial charge >= 0.3 is 6.18 Å². The predicted molar refractivity (Wildman–Crippen MR) is 119 cm³/mol. The number of nitrogens with zero attached hydrogens (tertiary/aromatic N) is 6. The molecule has 0 amide bonds. The quantitative estimate of drug-likeness (QED) is 0.302. The van der Waals surface area contributed by atoms with E-state index in [-0.39, 0.29) is 29.9 Å². The van der Waals surface area contributed by atoms with Gasteiger partial charge in [0.05, 0.1) is 13.1 Å². The van der Waals surface area contributed by atoms with Gasteiger partial charge in [-0.15, -0.1) is 34.2 Å². The van der Waals surface area contributed by atoms with E-state index < -0.39 is 12.7 Å². The summed E-state index contributed by atoms with van der Waals surface area (Å²) in [4.78, 5) is 8.34. The predicted octanol–water partition coefficient (Wildman–Crippen LogP) is 2.63. The number of aromatic nitrogens is 3. The van der Waals surface area contributed by atoms with E-state index in [1.165, 1.54) is 4.90 Å². The Labute approximate surface area is 188 Å². The molecule has 0 spiro atoms. The molecule has 0 aliphatic carbocycles. The highest BCUT2D eigenvalue weighted by atomic mass is 127. The third kappa shape index (κ3) is 8.65. The highest BCUT2D eigenvalue weighted by molar-refractivity contribution is 14.0. The van der Waals surface area contributed by atoms with Crippen molar-refractivity contribution < 1.29 is 13.2 Å². The van der Waals surface area contributed by atoms with Crippen LogP contribution in [0.25, 0.3) is 0 Å². The van der Waals surface area contributed by atoms with E-state index in [1.807, 2.05) is 18.4 Å². The third-order valence-electron chi connectivity index (χ3n) is 4.90. The van der Waals surface area contributed by atoms with Crippen LogP contribution >= 0.6 is 24.0 Å². The molecule has 29 heavy (non-hydrogen) atoms. The number of halogens is 4. The molecular formula is C18H33F3IN7. The number of rotatable bonds is 9. The highest BCUT2D eigenvalue weighted by Crippen LogP contribution is 2.21. The van der Waals surface area contributed by atoms with E-state index in [0.29, 0.717) is 26.2 Å². The van der Waals surface area contributed by atoms with Gasteiger partial charge in [0, 0.05) is 39.1 Å². The number of alkyl halides is 3. The Balaban J connectivity index is 0.00000420. The first kappa shape index (κ1) is 25.9. The van der Waals surface area contributed by atoms with E-state index in [1.54, 1.807) is 13.3 Å². The van der Waals surface area contributed by atoms with Crippen molar-refractivity contribution in [2.75, 3.05) is 45.8 Å². The fourth-order valence-electron chi connectivity index (χ4n) is 3.53. The van der Waals surface area contributed by atoms with Crippen molar-refractivity contribution in [2.45, 2.75) is 46.3 Å². The molecule has 0 bridgehead atoms. The molecule has 1 aromatic rings. The summed E-state index contributed by atoms with van der Waals surface area (Å²) >= 11 is 0. The van der Waals surface area contributed by atoms with Crippen molar-refractivity contribution in [1.82, 2.24) is 29.9 Å². The van der Waals surface area contributed by atoms with Gasteiger partial charge in [0.15, 0.2) is 5.96 Å². The van der Waals surface area contributed by atoms with Gasteiger partial charge in [-0.1, -0.05) is 13.8 Å². The maximum Gasteiger partial charge on any atom is 0.401 e. The van der Waals surface area contributed by atoms with E-state index in [2.05, 4.69) is 20.4 Å². The molecule has 1 aromatic heterocycles. The van der Waals surface area contributed by atoms with Crippen molar-refractivity contribution in [3.05, 3.63) is 12.2 Å². The largest absolute Gasteiger partial charge is 0.401 e. The van der Waals surface area contributed by atoms with Crippen LogP contribution in [0.5, 0.6) is 0 Å². The second-order valence-corrected chi connectivity index (χ2v) is 7.07. The molecule has 1 aliphatic heterocycles. The molecule has 1 N–H and O–H groups in total. The summed E-state index contributed by atoms with van der Waals surface area (Å²) < 4.78 is 40.1. The first-order valence-electron chi connectivity index (χ1n) is 10.0. The SMILES string of the molecule is CCNC(=NCCn1cnnc1CC)N1CCC(CN(CC)CC(F)(F)F)C1.I. The molecule has 1 fully saturated rings. The minimum Gasteiger partial charge on any atom is -0.357 e. The van der Waals surface area contributed by atoms with E-state index in [4.69, 9.17) is 4.99 Å². The van der Waals surface area contributed by atoms with Gasteiger partial charge in [-0.2, -0.15) is 13.2 Å². The second kappa shape index (κ2) is 12.6. The zero-order valence-corrected chi connectivity index (χ0v) is 19.8. The topological polar surface area (TPSA) is 61.6 Å². The fraction of sp³-hybridized carbons (Fsp3) is 0.833. The number of guanidine groups is 1. The number of aliphatic imine (C=N–C) groups is 1. The van der Waals surface area contributed by atoms with Crippen molar-refractivity contribution in [3.63, 3.8) is 0 Å². The number of aryl methyl sites for hydroxylation is 1. The van der Waals surface area contributed by atoms with Crippen LogP contribution in [-0.2, 0) is 13.0 Å². The Hall–Kier alpha value is -1.11. The van der Waals surface area contributed by atoms with Crippen molar-refractivity contribution in [1.29, 1.82) is 0 Å². The summed E-state index contributed by atoms with van der Waals surface area (Å²) in [7, 11) is 0. The minimum atomic E-state index is -4.15. The summed E-state index contributed by atoms with van der Waals surface area (Å²) in [6, 6.07) is 0. The fourth-order valence-corrected chi connectivity index (χ4v) is 3.53. The first-order chi connectivity index (χ1) is 13.4. The average molecular weight is 531 g/mol. The Morgan fingerprint density at radius 3 is 2.72 bits per heavy atom. The second-order valence-electron chi connectivity index (χ2n) is 7.07. The molecule has 2 heterocycles. The molecule has 1 saturated heterocycles. The van der Waals surface area contributed by atoms with Crippen LogP contribution in [-0.4, -0.2) is 82.5 Å². The normalized spacial score (nSPS) is 17.7. The van der Waals surface area contributed by atoms with Gasteiger partial charge < -0.3 is 14.8 Å². The molecule has 1 atom stereocenters. The van der Waals surface area contributed by atoms with Crippen LogP contribution in [0.2, 0.25) is 0 Å². The number of hydrogen-bond donors (Lipinski definition) is 1. The molecule has 11 heteroatoms. The molecule has 0 aromatic carbocycles. The van der Waals surface area contributed by atoms with Crippen LogP contribution in [0.4, 0.5) is 13.2 Å². The van der Waals surface area contributed by atoms with E-state index >= 15 is 0 Å². The molecular weight excluding hydrogens is 498 g/mol. The summed E-state index contributed by atoms with van der Waals surface area (Å²) in [6.45, 7) is 9.46. The lowest BCUT2D eigenvalue weighted by atomic mass is 10.1. The van der Waals surface area contributed by atoms with Gasteiger partial charge in [-0.25, -0.2) is 0 Å². The molecule has 1 unspecified atom stereocenters. The van der Waals surface area contributed by atoms with E-state index in [9.17, 15) is 13.2 Å². The minimum absolute atomic E-state index is 0. The Bertz CT molecular complexity index is 621. The van der Waals surface area contributed by atoms with Gasteiger partial charge in [-0.05, 0) is 25.8 Å². The van der Waals surface area contributed by atoms with Crippen LogP contribution in [0, 0.1) is 5.92 Å². The van der Waals surface area contributed by atoms with E-state index in [0.717, 1.165) is 44.3 Å². The zero-order chi connectivity index (χ0) is 20.6. The van der Waals surface area contributed by atoms with Crippen LogP contribution in [0.15, 0.2) is 11.3 Å². The van der Waals surface area contributed by atoms with Crippen LogP contribution in [0.1, 0.15) is 33.0 Å². The Morgan fingerprint density at radius 2 is 2.10 bits per heavy atom. The third-order valence-corrected chi connectivity index (χ3v) is 4.90. The number of hydrogen-bond acceptors (Lipinski definition) is 4. The number of likely N-dealkylation sites (tertiary alicyclic amines) is 1. The maximum atomic E-state index is 12.7. The summed E-state index contributed by atoms with van der Waals surface area (Å²) in [6.07, 6.45) is -0.731. The smallest absolute Gasteiger partial charge is 0.357 e. The molecule has 7 nitrogen and oxygen atoms in total. The van der Waals surface area contributed by atoms with Gasteiger partial charge in [0.2, 0.25) is 0 Å². The average Bonchev–Trinajstić information content (AvgIpc) is 3.28. The van der Waals surface area contributed by atoms with Crippen molar-refractivity contribution >= 4 is 29.9 Å². The Morgan fingerprint density at radius 1 is 1.34 bits per heavy atom. The van der Waals surface area contributed by atoms with Gasteiger partial charge in [0.1, 0.15) is 12.2 Å². The molecule has 0 saturated carbocycles. The van der Waals surface area contributed by atoms with Crippen LogP contribution in [0.3, 0.4) is 0 Å². The highest BCUT2D eigenvalue weighted by Gasteiger charge is 2.33. The van der Waals surface area contributed by atoms with Crippen LogP contribution < -0.4 is 5.32 Å². The monoisotopic (exact) mass is 531 g/mol. The van der Waals surface area contributed by atoms with Gasteiger partial charge in [-0.3, -0.25) is 9.89 Å². The summed E-state index contributed by atoms with van der Waals surface area (Å²) in [5.41, 5.74) is 0. The zero-order valence-electron chi connectivity index (χ0n) is 17.5. The molecule has 1 aliphatic rings. The van der Waals surface area contributed by atoms with Gasteiger partial charge in [0.25, 0.3) is 0 Å². The first-order valence-corrected chi connectivity index (χ1v) is 10.0. The maximum absolute atomic E-state index is 12.7. The van der Waals surface area contributed by atoms with Crippen molar-refractivity contribution in [3.8, 4) is 0 Å². The molecule has 2 rings (SSSR count). The molecule has 0 radical (unpaired) electrons. The number of nitrogens with one attached hydrogen (secondary N) is 1. The summed E-state index contributed by atoms with van der Waals surface area (Å²) in [5.74, 6) is 1.98. The summed E-state index contributed by atoms with van der Waals surface area (Å²) in [5, 5.41) is 11.3. The Kier molecular flexibility index (Phi) is 11.2. The lowest BCUT2D eigenvalue weighted by Crippen LogP contribution is -2.42. The standard InChI is InChI=1S/C18H32F3N7.HI/c1-4-16-25-24-14-28(16)10-8-23-17(22-5-2)27-9-7-15(12-27)11-26(6-3)13-18(19,20)21;/h14-15H,4-13H2,1-3H3,(H,22,23);1H.